The number of para-hydroxylation sites is 1. The van der Waals surface area contributed by atoms with Gasteiger partial charge in [-0.3, -0.25) is 0 Å². The fourth-order valence-electron chi connectivity index (χ4n) is 2.23. The number of hydrogen-bond donors (Lipinski definition) is 1. The molecule has 0 spiro atoms. The van der Waals surface area contributed by atoms with E-state index in [-0.39, 0.29) is 0 Å². The molecule has 2 rings (SSSR count). The van der Waals surface area contributed by atoms with E-state index in [2.05, 4.69) is 42.3 Å². The summed E-state index contributed by atoms with van der Waals surface area (Å²) in [5.74, 6) is 0.991. The first-order valence-electron chi connectivity index (χ1n) is 6.61. The zero-order valence-electron chi connectivity index (χ0n) is 10.8. The second-order valence-electron chi connectivity index (χ2n) is 4.41. The molecule has 3 heteroatoms. The van der Waals surface area contributed by atoms with Gasteiger partial charge in [0.25, 0.3) is 0 Å². The Morgan fingerprint density at radius 1 is 1.29 bits per heavy atom. The Kier molecular flexibility index (Phi) is 4.13. The van der Waals surface area contributed by atoms with E-state index < -0.39 is 0 Å². The van der Waals surface area contributed by atoms with E-state index >= 15 is 0 Å². The normalized spacial score (nSPS) is 14.1. The van der Waals surface area contributed by atoms with Crippen molar-refractivity contribution >= 4 is 11.4 Å². The number of anilines is 2. The molecule has 0 atom stereocenters. The first-order valence-corrected chi connectivity index (χ1v) is 6.61. The quantitative estimate of drug-likeness (QED) is 0.847. The van der Waals surface area contributed by atoms with Gasteiger partial charge in [0, 0.05) is 19.6 Å². The number of fused-ring (bicyclic) bond motifs is 1. The third-order valence-electron chi connectivity index (χ3n) is 2.98. The molecule has 17 heavy (non-hydrogen) atoms. The molecule has 94 valence electrons. The highest BCUT2D eigenvalue weighted by Crippen LogP contribution is 2.37. The number of rotatable bonds is 5. The molecule has 0 bridgehead atoms. The molecule has 0 radical (unpaired) electrons. The summed E-state index contributed by atoms with van der Waals surface area (Å²) in [6.45, 7) is 8.33. The number of nitrogens with zero attached hydrogens (tertiary/aromatic N) is 1. The van der Waals surface area contributed by atoms with Gasteiger partial charge in [-0.2, -0.15) is 0 Å². The fourth-order valence-corrected chi connectivity index (χ4v) is 2.23. The molecule has 1 aliphatic rings. The van der Waals surface area contributed by atoms with E-state index in [1.807, 2.05) is 0 Å². The minimum absolute atomic E-state index is 0.784. The van der Waals surface area contributed by atoms with Crippen LogP contribution >= 0.6 is 0 Å². The van der Waals surface area contributed by atoms with Crippen molar-refractivity contribution in [2.45, 2.75) is 26.7 Å². The Morgan fingerprint density at radius 2 is 2.18 bits per heavy atom. The van der Waals surface area contributed by atoms with E-state index in [1.165, 1.54) is 17.8 Å². The monoisotopic (exact) mass is 234 g/mol. The maximum absolute atomic E-state index is 5.79. The molecular weight excluding hydrogens is 212 g/mol. The van der Waals surface area contributed by atoms with Crippen molar-refractivity contribution in [3.8, 4) is 5.75 Å². The van der Waals surface area contributed by atoms with Crippen LogP contribution in [0.25, 0.3) is 0 Å². The molecule has 1 N–H and O–H groups in total. The van der Waals surface area contributed by atoms with Gasteiger partial charge in [0.05, 0.1) is 12.3 Å². The molecule has 1 heterocycles. The van der Waals surface area contributed by atoms with Crippen molar-refractivity contribution < 1.29 is 4.74 Å². The van der Waals surface area contributed by atoms with E-state index in [1.54, 1.807) is 0 Å². The molecule has 0 aliphatic carbocycles. The van der Waals surface area contributed by atoms with Gasteiger partial charge in [-0.15, -0.1) is 0 Å². The van der Waals surface area contributed by atoms with E-state index in [4.69, 9.17) is 4.74 Å². The highest BCUT2D eigenvalue weighted by Gasteiger charge is 2.18. The highest BCUT2D eigenvalue weighted by molar-refractivity contribution is 5.78. The highest BCUT2D eigenvalue weighted by atomic mass is 16.5. The summed E-state index contributed by atoms with van der Waals surface area (Å²) in [7, 11) is 0. The predicted octanol–water partition coefficient (Wildman–Crippen LogP) is 3.12. The lowest BCUT2D eigenvalue weighted by Gasteiger charge is -2.32. The van der Waals surface area contributed by atoms with Crippen LogP contribution in [0.4, 0.5) is 11.4 Å². The van der Waals surface area contributed by atoms with Crippen molar-refractivity contribution in [3.05, 3.63) is 18.2 Å². The van der Waals surface area contributed by atoms with Crippen LogP contribution in [0.15, 0.2) is 18.2 Å². The smallest absolute Gasteiger partial charge is 0.144 e. The van der Waals surface area contributed by atoms with Gasteiger partial charge < -0.3 is 15.0 Å². The molecule has 1 aromatic carbocycles. The maximum atomic E-state index is 5.79. The maximum Gasteiger partial charge on any atom is 0.144 e. The second kappa shape index (κ2) is 5.80. The molecule has 0 unspecified atom stereocenters. The fraction of sp³-hybridized carbons (Fsp3) is 0.571. The predicted molar refractivity (Wildman–Crippen MR) is 73.2 cm³/mol. The molecule has 0 saturated carbocycles. The van der Waals surface area contributed by atoms with Crippen LogP contribution in [-0.2, 0) is 0 Å². The third-order valence-corrected chi connectivity index (χ3v) is 2.98. The first kappa shape index (κ1) is 12.1. The Balaban J connectivity index is 2.23. The lowest BCUT2D eigenvalue weighted by molar-refractivity contribution is 0.318. The average molecular weight is 234 g/mol. The van der Waals surface area contributed by atoms with Crippen LogP contribution in [0.2, 0.25) is 0 Å². The van der Waals surface area contributed by atoms with Crippen LogP contribution in [-0.4, -0.2) is 26.2 Å². The minimum atomic E-state index is 0.784. The Hall–Kier alpha value is -1.38. The minimum Gasteiger partial charge on any atom is -0.491 e. The van der Waals surface area contributed by atoms with Crippen molar-refractivity contribution in [1.29, 1.82) is 0 Å². The molecule has 0 fully saturated rings. The third kappa shape index (κ3) is 2.65. The summed E-state index contributed by atoms with van der Waals surface area (Å²) in [5.41, 5.74) is 2.45. The van der Waals surface area contributed by atoms with Crippen LogP contribution in [0, 0.1) is 0 Å². The molecule has 1 aromatic rings. The van der Waals surface area contributed by atoms with Gasteiger partial charge in [-0.25, -0.2) is 0 Å². The summed E-state index contributed by atoms with van der Waals surface area (Å²) in [4.78, 5) is 2.44. The summed E-state index contributed by atoms with van der Waals surface area (Å²) in [6.07, 6.45) is 2.22. The second-order valence-corrected chi connectivity index (χ2v) is 4.41. The summed E-state index contributed by atoms with van der Waals surface area (Å²) >= 11 is 0. The summed E-state index contributed by atoms with van der Waals surface area (Å²) < 4.78 is 5.79. The van der Waals surface area contributed by atoms with E-state index in [9.17, 15) is 0 Å². The largest absolute Gasteiger partial charge is 0.491 e. The van der Waals surface area contributed by atoms with Gasteiger partial charge in [0.15, 0.2) is 0 Å². The SMILES string of the molecule is CCCOc1cccc2c1NCCN2CCC. The van der Waals surface area contributed by atoms with Gasteiger partial charge in [-0.05, 0) is 25.0 Å². The standard InChI is InChI=1S/C14H22N2O/c1-3-9-16-10-8-15-14-12(16)6-5-7-13(14)17-11-4-2/h5-7,15H,3-4,8-11H2,1-2H3. The summed E-state index contributed by atoms with van der Waals surface area (Å²) in [6, 6.07) is 6.31. The molecule has 0 amide bonds. The van der Waals surface area contributed by atoms with Crippen LogP contribution in [0.1, 0.15) is 26.7 Å². The van der Waals surface area contributed by atoms with E-state index in [0.717, 1.165) is 38.4 Å². The van der Waals surface area contributed by atoms with Crippen molar-refractivity contribution in [2.24, 2.45) is 0 Å². The van der Waals surface area contributed by atoms with Gasteiger partial charge in [-0.1, -0.05) is 19.9 Å². The van der Waals surface area contributed by atoms with Gasteiger partial charge in [0.1, 0.15) is 11.4 Å². The topological polar surface area (TPSA) is 24.5 Å². The Bertz CT molecular complexity index is 365. The van der Waals surface area contributed by atoms with Crippen LogP contribution < -0.4 is 15.0 Å². The van der Waals surface area contributed by atoms with Crippen molar-refractivity contribution in [1.82, 2.24) is 0 Å². The number of hydrogen-bond acceptors (Lipinski definition) is 3. The molecule has 0 aromatic heterocycles. The molecule has 1 aliphatic heterocycles. The number of nitrogens with one attached hydrogen (secondary N) is 1. The van der Waals surface area contributed by atoms with Crippen LogP contribution in [0.5, 0.6) is 5.75 Å². The van der Waals surface area contributed by atoms with Gasteiger partial charge >= 0.3 is 0 Å². The Labute approximate surface area is 104 Å². The summed E-state index contributed by atoms with van der Waals surface area (Å²) in [5, 5.41) is 3.46. The average Bonchev–Trinajstić information content (AvgIpc) is 2.37. The van der Waals surface area contributed by atoms with Crippen LogP contribution in [0.3, 0.4) is 0 Å². The molecule has 0 saturated heterocycles. The van der Waals surface area contributed by atoms with Crippen molar-refractivity contribution in [3.63, 3.8) is 0 Å². The number of benzene rings is 1. The lowest BCUT2D eigenvalue weighted by Crippen LogP contribution is -2.34. The Morgan fingerprint density at radius 3 is 2.94 bits per heavy atom. The molecular formula is C14H22N2O. The van der Waals surface area contributed by atoms with Crippen molar-refractivity contribution in [2.75, 3.05) is 36.5 Å². The first-order chi connectivity index (χ1) is 8.36. The lowest BCUT2D eigenvalue weighted by atomic mass is 10.1. The zero-order valence-corrected chi connectivity index (χ0v) is 10.8. The van der Waals surface area contributed by atoms with Gasteiger partial charge in [0.2, 0.25) is 0 Å². The van der Waals surface area contributed by atoms with E-state index in [0.29, 0.717) is 0 Å². The zero-order chi connectivity index (χ0) is 12.1. The molecule has 3 nitrogen and oxygen atoms in total. The number of ether oxygens (including phenoxy) is 1.